The summed E-state index contributed by atoms with van der Waals surface area (Å²) < 4.78 is 5.15. The number of carbonyl (C=O) groups excluding carboxylic acids is 4. The van der Waals surface area contributed by atoms with Gasteiger partial charge in [0, 0.05) is 22.0 Å². The van der Waals surface area contributed by atoms with Crippen molar-refractivity contribution in [2.75, 3.05) is 15.5 Å². The van der Waals surface area contributed by atoms with Crippen molar-refractivity contribution in [3.8, 4) is 0 Å². The number of anilines is 3. The molecular formula is C28H23Cl2N3O5. The molecule has 1 aliphatic rings. The smallest absolute Gasteiger partial charge is 0.338 e. The first kappa shape index (κ1) is 26.9. The van der Waals surface area contributed by atoms with Crippen LogP contribution in [0.2, 0.25) is 5.02 Å². The molecule has 0 fully saturated rings. The van der Waals surface area contributed by atoms with Gasteiger partial charge in [-0.1, -0.05) is 29.3 Å². The second-order valence-electron chi connectivity index (χ2n) is 8.71. The Morgan fingerprint density at radius 3 is 2.08 bits per heavy atom. The van der Waals surface area contributed by atoms with Crippen LogP contribution in [-0.2, 0) is 14.3 Å². The second-order valence-corrected chi connectivity index (χ2v) is 9.49. The van der Waals surface area contributed by atoms with Crippen LogP contribution in [0, 0.1) is 6.92 Å². The first-order valence-corrected chi connectivity index (χ1v) is 12.4. The fourth-order valence-corrected chi connectivity index (χ4v) is 4.07. The second kappa shape index (κ2) is 11.1. The maximum atomic E-state index is 13.1. The quantitative estimate of drug-likeness (QED) is 0.279. The molecule has 0 atom stereocenters. The first-order chi connectivity index (χ1) is 18.1. The average Bonchev–Trinajstić information content (AvgIpc) is 3.09. The Bertz CT molecular complexity index is 1460. The molecule has 0 saturated carbocycles. The third kappa shape index (κ3) is 5.56. The molecule has 3 amide bonds. The average molecular weight is 552 g/mol. The summed E-state index contributed by atoms with van der Waals surface area (Å²) in [7, 11) is 0. The van der Waals surface area contributed by atoms with E-state index in [1.54, 1.807) is 87.5 Å². The van der Waals surface area contributed by atoms with E-state index in [4.69, 9.17) is 27.9 Å². The van der Waals surface area contributed by atoms with Gasteiger partial charge in [-0.05, 0) is 87.0 Å². The lowest BCUT2D eigenvalue weighted by atomic mass is 10.1. The summed E-state index contributed by atoms with van der Waals surface area (Å²) >= 11 is 12.4. The molecule has 10 heteroatoms. The number of hydrogen-bond donors (Lipinski definition) is 2. The summed E-state index contributed by atoms with van der Waals surface area (Å²) in [5.74, 6) is -2.09. The fraction of sp³-hybridized carbons (Fsp3) is 0.143. The van der Waals surface area contributed by atoms with E-state index in [-0.39, 0.29) is 22.7 Å². The molecule has 4 rings (SSSR count). The van der Waals surface area contributed by atoms with E-state index in [2.05, 4.69) is 10.6 Å². The zero-order valence-corrected chi connectivity index (χ0v) is 22.2. The van der Waals surface area contributed by atoms with Gasteiger partial charge in [0.05, 0.1) is 17.4 Å². The highest BCUT2D eigenvalue weighted by Crippen LogP contribution is 2.34. The lowest BCUT2D eigenvalue weighted by Crippen LogP contribution is -2.32. The maximum Gasteiger partial charge on any atom is 0.338 e. The third-order valence-electron chi connectivity index (χ3n) is 5.64. The summed E-state index contributed by atoms with van der Waals surface area (Å²) in [6.07, 6.45) is -0.231. The lowest BCUT2D eigenvalue weighted by Gasteiger charge is -2.18. The van der Waals surface area contributed by atoms with Crippen LogP contribution < -0.4 is 15.5 Å². The number of ether oxygens (including phenoxy) is 1. The Labute approximate surface area is 229 Å². The number of halogens is 2. The molecule has 194 valence electrons. The molecule has 0 unspecified atom stereocenters. The third-order valence-corrected chi connectivity index (χ3v) is 6.41. The van der Waals surface area contributed by atoms with Crippen molar-refractivity contribution in [2.24, 2.45) is 0 Å². The molecule has 2 N–H and O–H groups in total. The van der Waals surface area contributed by atoms with Gasteiger partial charge < -0.3 is 15.4 Å². The zero-order valence-electron chi connectivity index (χ0n) is 20.7. The monoisotopic (exact) mass is 551 g/mol. The van der Waals surface area contributed by atoms with Crippen LogP contribution in [0.4, 0.5) is 17.1 Å². The SMILES string of the molecule is Cc1c(Cl)cccc1N1C(=O)C(Cl)=C(Nc2ccc(C(=O)Nc3ccc(C(=O)OC(C)C)cc3)cc2)C1=O. The van der Waals surface area contributed by atoms with Crippen molar-refractivity contribution in [3.63, 3.8) is 0 Å². The van der Waals surface area contributed by atoms with E-state index in [0.29, 0.717) is 38.8 Å². The van der Waals surface area contributed by atoms with Gasteiger partial charge >= 0.3 is 5.97 Å². The van der Waals surface area contributed by atoms with Gasteiger partial charge in [-0.15, -0.1) is 0 Å². The minimum absolute atomic E-state index is 0.0793. The van der Waals surface area contributed by atoms with Crippen LogP contribution >= 0.6 is 23.2 Å². The van der Waals surface area contributed by atoms with Gasteiger partial charge in [0.2, 0.25) is 0 Å². The van der Waals surface area contributed by atoms with Crippen LogP contribution in [0.25, 0.3) is 0 Å². The first-order valence-electron chi connectivity index (χ1n) is 11.6. The molecule has 0 bridgehead atoms. The van der Waals surface area contributed by atoms with Crippen molar-refractivity contribution in [3.05, 3.63) is 99.2 Å². The number of nitrogens with one attached hydrogen (secondary N) is 2. The number of carbonyl (C=O) groups is 4. The van der Waals surface area contributed by atoms with E-state index in [9.17, 15) is 19.2 Å². The molecule has 1 heterocycles. The lowest BCUT2D eigenvalue weighted by molar-refractivity contribution is -0.120. The Kier molecular flexibility index (Phi) is 7.85. The van der Waals surface area contributed by atoms with Crippen molar-refractivity contribution in [1.82, 2.24) is 0 Å². The topological polar surface area (TPSA) is 105 Å². The molecule has 3 aromatic rings. The predicted molar refractivity (Wildman–Crippen MR) is 147 cm³/mol. The number of rotatable bonds is 7. The van der Waals surface area contributed by atoms with Gasteiger partial charge in [-0.2, -0.15) is 0 Å². The van der Waals surface area contributed by atoms with Crippen molar-refractivity contribution in [2.45, 2.75) is 26.9 Å². The number of imide groups is 1. The van der Waals surface area contributed by atoms with E-state index < -0.39 is 17.8 Å². The number of esters is 1. The fourth-order valence-electron chi connectivity index (χ4n) is 3.69. The molecule has 0 radical (unpaired) electrons. The summed E-state index contributed by atoms with van der Waals surface area (Å²) in [5.41, 5.74) is 2.52. The number of hydrogen-bond acceptors (Lipinski definition) is 6. The van der Waals surface area contributed by atoms with Gasteiger partial charge in [0.1, 0.15) is 10.7 Å². The molecule has 0 aliphatic carbocycles. The van der Waals surface area contributed by atoms with Gasteiger partial charge in [0.25, 0.3) is 17.7 Å². The Morgan fingerprint density at radius 2 is 1.45 bits per heavy atom. The summed E-state index contributed by atoms with van der Waals surface area (Å²) in [6.45, 7) is 5.23. The highest BCUT2D eigenvalue weighted by Gasteiger charge is 2.39. The molecule has 8 nitrogen and oxygen atoms in total. The van der Waals surface area contributed by atoms with Crippen LogP contribution in [0.1, 0.15) is 40.1 Å². The van der Waals surface area contributed by atoms with E-state index in [0.717, 1.165) is 4.90 Å². The van der Waals surface area contributed by atoms with E-state index in [1.807, 2.05) is 0 Å². The molecule has 0 saturated heterocycles. The van der Waals surface area contributed by atoms with E-state index >= 15 is 0 Å². The largest absolute Gasteiger partial charge is 0.459 e. The van der Waals surface area contributed by atoms with Crippen LogP contribution in [0.15, 0.2) is 77.5 Å². The van der Waals surface area contributed by atoms with Crippen molar-refractivity contribution in [1.29, 1.82) is 0 Å². The van der Waals surface area contributed by atoms with E-state index in [1.165, 1.54) is 0 Å². The molecule has 0 aromatic heterocycles. The highest BCUT2D eigenvalue weighted by molar-refractivity contribution is 6.53. The van der Waals surface area contributed by atoms with Crippen molar-refractivity contribution >= 4 is 64.0 Å². The molecular weight excluding hydrogens is 529 g/mol. The molecule has 3 aromatic carbocycles. The maximum absolute atomic E-state index is 13.1. The van der Waals surface area contributed by atoms with Gasteiger partial charge in [0.15, 0.2) is 0 Å². The zero-order chi connectivity index (χ0) is 27.6. The summed E-state index contributed by atoms with van der Waals surface area (Å²) in [6, 6.07) is 17.6. The minimum Gasteiger partial charge on any atom is -0.459 e. The number of nitrogens with zero attached hydrogens (tertiary/aromatic N) is 1. The number of amides is 3. The minimum atomic E-state index is -0.663. The Balaban J connectivity index is 1.43. The molecule has 1 aliphatic heterocycles. The highest BCUT2D eigenvalue weighted by atomic mass is 35.5. The van der Waals surface area contributed by atoms with Crippen LogP contribution in [0.5, 0.6) is 0 Å². The number of benzene rings is 3. The summed E-state index contributed by atoms with van der Waals surface area (Å²) in [5, 5.41) is 5.79. The van der Waals surface area contributed by atoms with Crippen molar-refractivity contribution < 1.29 is 23.9 Å². The summed E-state index contributed by atoms with van der Waals surface area (Å²) in [4.78, 5) is 51.4. The standard InChI is InChI=1S/C28H23Cl2N3O5/c1-15(2)38-28(37)18-9-13-20(14-10-18)32-25(34)17-7-11-19(12-8-17)31-24-23(30)26(35)33(27(24)36)22-6-4-5-21(29)16(22)3/h4-15,31H,1-3H3,(H,32,34). The van der Waals surface area contributed by atoms with Gasteiger partial charge in [-0.3, -0.25) is 14.4 Å². The predicted octanol–water partition coefficient (Wildman–Crippen LogP) is 5.90. The normalized spacial score (nSPS) is 13.3. The van der Waals surface area contributed by atoms with Crippen LogP contribution in [-0.4, -0.2) is 29.8 Å². The molecule has 0 spiro atoms. The van der Waals surface area contributed by atoms with Crippen LogP contribution in [0.3, 0.4) is 0 Å². The Hall–Kier alpha value is -4.14. The van der Waals surface area contributed by atoms with Gasteiger partial charge in [-0.25, -0.2) is 9.69 Å². The Morgan fingerprint density at radius 1 is 0.842 bits per heavy atom. The molecule has 38 heavy (non-hydrogen) atoms.